The van der Waals surface area contributed by atoms with E-state index < -0.39 is 0 Å². The zero-order valence-corrected chi connectivity index (χ0v) is 20.5. The van der Waals surface area contributed by atoms with E-state index in [1.165, 1.54) is 135 Å². The van der Waals surface area contributed by atoms with Gasteiger partial charge in [0.1, 0.15) is 0 Å². The van der Waals surface area contributed by atoms with E-state index in [0.29, 0.717) is 12.0 Å². The van der Waals surface area contributed by atoms with Gasteiger partial charge in [-0.25, -0.2) is 0 Å². The lowest BCUT2D eigenvalue weighted by atomic mass is 9.95. The molecule has 1 aliphatic rings. The Hall–Kier alpha value is -0.550. The van der Waals surface area contributed by atoms with Crippen LogP contribution in [0.15, 0.2) is 0 Å². The molecule has 0 bridgehead atoms. The molecule has 0 spiro atoms. The van der Waals surface area contributed by atoms with E-state index in [2.05, 4.69) is 13.0 Å². The van der Waals surface area contributed by atoms with Gasteiger partial charge >= 0.3 is 0 Å². The molecule has 0 radical (unpaired) electrons. The van der Waals surface area contributed by atoms with Crippen molar-refractivity contribution in [2.75, 3.05) is 6.61 Å². The fourth-order valence-corrected chi connectivity index (χ4v) is 4.83. The molecule has 1 saturated heterocycles. The predicted octanol–water partition coefficient (Wildman–Crippen LogP) is 9.52. The highest BCUT2D eigenvalue weighted by atomic mass is 16.5. The number of hydrogen-bond acceptors (Lipinski definition) is 2. The van der Waals surface area contributed by atoms with Gasteiger partial charge in [0, 0.05) is 12.5 Å². The van der Waals surface area contributed by atoms with Crippen LogP contribution in [0.3, 0.4) is 0 Å². The average molecular weight is 420 g/mol. The highest BCUT2D eigenvalue weighted by molar-refractivity contribution is 4.82. The molecule has 1 fully saturated rings. The Bertz CT molecular complexity index is 375. The van der Waals surface area contributed by atoms with Crippen LogP contribution in [0.25, 0.3) is 0 Å². The Balaban J connectivity index is 2.07. The molecule has 2 nitrogen and oxygen atoms in total. The first kappa shape index (κ1) is 27.5. The molecule has 0 aromatic heterocycles. The average Bonchev–Trinajstić information content (AvgIpc) is 2.79. The van der Waals surface area contributed by atoms with Crippen molar-refractivity contribution in [1.29, 1.82) is 5.26 Å². The lowest BCUT2D eigenvalue weighted by molar-refractivity contribution is 0.0359. The third kappa shape index (κ3) is 17.2. The number of nitriles is 1. The summed E-state index contributed by atoms with van der Waals surface area (Å²) in [7, 11) is 0. The molecule has 0 aromatic rings. The SMILES string of the molecule is CCCCCCCCCC(C#N)CCCCCC1CCCCCCCCCCCO1. The van der Waals surface area contributed by atoms with Crippen molar-refractivity contribution >= 4 is 0 Å². The zero-order valence-electron chi connectivity index (χ0n) is 20.5. The summed E-state index contributed by atoms with van der Waals surface area (Å²) >= 11 is 0. The van der Waals surface area contributed by atoms with Gasteiger partial charge in [0.05, 0.1) is 12.2 Å². The smallest absolute Gasteiger partial charge is 0.0655 e. The van der Waals surface area contributed by atoms with Crippen LogP contribution in [-0.4, -0.2) is 12.7 Å². The molecule has 0 aromatic carbocycles. The van der Waals surface area contributed by atoms with Crippen LogP contribution in [0, 0.1) is 17.2 Å². The van der Waals surface area contributed by atoms with Crippen LogP contribution < -0.4 is 0 Å². The number of nitrogens with zero attached hydrogens (tertiary/aromatic N) is 1. The van der Waals surface area contributed by atoms with Gasteiger partial charge in [0.25, 0.3) is 0 Å². The third-order valence-electron chi connectivity index (χ3n) is 6.94. The molecule has 0 aliphatic carbocycles. The second kappa shape index (κ2) is 21.7. The topological polar surface area (TPSA) is 33.0 Å². The van der Waals surface area contributed by atoms with Crippen LogP contribution in [0.4, 0.5) is 0 Å². The van der Waals surface area contributed by atoms with E-state index in [-0.39, 0.29) is 0 Å². The first-order chi connectivity index (χ1) is 14.9. The Morgan fingerprint density at radius 3 is 1.87 bits per heavy atom. The molecule has 2 unspecified atom stereocenters. The Labute approximate surface area is 189 Å². The minimum Gasteiger partial charge on any atom is -0.378 e. The summed E-state index contributed by atoms with van der Waals surface area (Å²) in [6.07, 6.45) is 30.8. The second-order valence-corrected chi connectivity index (χ2v) is 9.84. The van der Waals surface area contributed by atoms with Gasteiger partial charge in [0.15, 0.2) is 0 Å². The summed E-state index contributed by atoms with van der Waals surface area (Å²) in [5.41, 5.74) is 0. The monoisotopic (exact) mass is 419 g/mol. The molecule has 1 heterocycles. The minimum atomic E-state index is 0.294. The molecule has 2 atom stereocenters. The van der Waals surface area contributed by atoms with Crippen molar-refractivity contribution in [3.63, 3.8) is 0 Å². The van der Waals surface area contributed by atoms with Crippen molar-refractivity contribution in [3.05, 3.63) is 0 Å². The maximum Gasteiger partial charge on any atom is 0.0655 e. The van der Waals surface area contributed by atoms with Crippen molar-refractivity contribution in [2.45, 2.75) is 161 Å². The molecule has 176 valence electrons. The molecular weight excluding hydrogens is 366 g/mol. The lowest BCUT2D eigenvalue weighted by Gasteiger charge is -2.18. The van der Waals surface area contributed by atoms with E-state index in [1.807, 2.05) is 0 Å². The molecule has 1 aliphatic heterocycles. The maximum atomic E-state index is 9.46. The minimum absolute atomic E-state index is 0.294. The van der Waals surface area contributed by atoms with Crippen molar-refractivity contribution in [3.8, 4) is 6.07 Å². The molecule has 1 rings (SSSR count). The van der Waals surface area contributed by atoms with E-state index in [9.17, 15) is 5.26 Å². The van der Waals surface area contributed by atoms with Crippen LogP contribution >= 0.6 is 0 Å². The summed E-state index contributed by atoms with van der Waals surface area (Å²) in [6, 6.07) is 2.57. The van der Waals surface area contributed by atoms with Crippen LogP contribution in [0.5, 0.6) is 0 Å². The number of hydrogen-bond donors (Lipinski definition) is 0. The summed E-state index contributed by atoms with van der Waals surface area (Å²) in [6.45, 7) is 3.24. The largest absolute Gasteiger partial charge is 0.378 e. The quantitative estimate of drug-likeness (QED) is 0.262. The Kier molecular flexibility index (Phi) is 19.9. The summed E-state index contributed by atoms with van der Waals surface area (Å²) in [4.78, 5) is 0. The molecule has 0 saturated carbocycles. The van der Waals surface area contributed by atoms with E-state index in [0.717, 1.165) is 19.4 Å². The van der Waals surface area contributed by atoms with Crippen molar-refractivity contribution in [2.24, 2.45) is 5.92 Å². The number of ether oxygens (including phenoxy) is 1. The van der Waals surface area contributed by atoms with Crippen LogP contribution in [-0.2, 0) is 4.74 Å². The van der Waals surface area contributed by atoms with Crippen molar-refractivity contribution in [1.82, 2.24) is 0 Å². The molecule has 2 heteroatoms. The zero-order chi connectivity index (χ0) is 21.5. The fourth-order valence-electron chi connectivity index (χ4n) is 4.83. The molecule has 0 N–H and O–H groups in total. The number of rotatable bonds is 14. The first-order valence-electron chi connectivity index (χ1n) is 13.9. The van der Waals surface area contributed by atoms with Gasteiger partial charge in [-0.15, -0.1) is 0 Å². The van der Waals surface area contributed by atoms with Crippen LogP contribution in [0.1, 0.15) is 155 Å². The van der Waals surface area contributed by atoms with E-state index in [4.69, 9.17) is 4.74 Å². The van der Waals surface area contributed by atoms with Gasteiger partial charge in [-0.2, -0.15) is 5.26 Å². The second-order valence-electron chi connectivity index (χ2n) is 9.84. The fraction of sp³-hybridized carbons (Fsp3) is 0.964. The molecular formula is C28H53NO. The standard InChI is InChI=1S/C28H53NO/c1-2-3-4-5-9-12-16-21-27(26-29)22-17-15-19-24-28-23-18-13-10-7-6-8-11-14-20-25-30-28/h27-28H,2-25H2,1H3. The number of unbranched alkanes of at least 4 members (excludes halogenated alkanes) is 8. The summed E-state index contributed by atoms with van der Waals surface area (Å²) in [5.74, 6) is 0.294. The van der Waals surface area contributed by atoms with Gasteiger partial charge in [-0.1, -0.05) is 122 Å². The van der Waals surface area contributed by atoms with Gasteiger partial charge in [-0.05, 0) is 32.1 Å². The first-order valence-corrected chi connectivity index (χ1v) is 13.9. The molecule has 30 heavy (non-hydrogen) atoms. The van der Waals surface area contributed by atoms with E-state index >= 15 is 0 Å². The van der Waals surface area contributed by atoms with E-state index in [1.54, 1.807) is 0 Å². The summed E-state index contributed by atoms with van der Waals surface area (Å²) in [5, 5.41) is 9.46. The van der Waals surface area contributed by atoms with Crippen molar-refractivity contribution < 1.29 is 4.74 Å². The van der Waals surface area contributed by atoms with Gasteiger partial charge in [0.2, 0.25) is 0 Å². The highest BCUT2D eigenvalue weighted by Gasteiger charge is 2.11. The predicted molar refractivity (Wildman–Crippen MR) is 131 cm³/mol. The highest BCUT2D eigenvalue weighted by Crippen LogP contribution is 2.21. The Morgan fingerprint density at radius 2 is 1.23 bits per heavy atom. The summed E-state index contributed by atoms with van der Waals surface area (Å²) < 4.78 is 6.25. The third-order valence-corrected chi connectivity index (χ3v) is 6.94. The van der Waals surface area contributed by atoms with Gasteiger partial charge < -0.3 is 4.74 Å². The lowest BCUT2D eigenvalue weighted by Crippen LogP contribution is -2.14. The Morgan fingerprint density at radius 1 is 0.700 bits per heavy atom. The van der Waals surface area contributed by atoms with Gasteiger partial charge in [-0.3, -0.25) is 0 Å². The maximum absolute atomic E-state index is 9.46. The van der Waals surface area contributed by atoms with Crippen LogP contribution in [0.2, 0.25) is 0 Å². The normalized spacial score (nSPS) is 20.5. The molecule has 0 amide bonds.